The number of aliphatic imine (C=N–C) groups is 1. The van der Waals surface area contributed by atoms with Gasteiger partial charge in [0.1, 0.15) is 0 Å². The second-order valence-corrected chi connectivity index (χ2v) is 5.93. The second kappa shape index (κ2) is 8.61. The highest BCUT2D eigenvalue weighted by molar-refractivity contribution is 5.80. The summed E-state index contributed by atoms with van der Waals surface area (Å²) in [4.78, 5) is 8.60. The third kappa shape index (κ3) is 4.90. The van der Waals surface area contributed by atoms with Gasteiger partial charge in [-0.25, -0.2) is 4.98 Å². The smallest absolute Gasteiger partial charge is 0.218 e. The molecule has 5 heteroatoms. The topological polar surface area (TPSA) is 58.5 Å². The first-order chi connectivity index (χ1) is 10.7. The van der Waals surface area contributed by atoms with Gasteiger partial charge in [-0.05, 0) is 44.6 Å². The quantitative estimate of drug-likeness (QED) is 0.649. The summed E-state index contributed by atoms with van der Waals surface area (Å²) >= 11 is 0. The maximum atomic E-state index is 5.55. The Kier molecular flexibility index (Phi) is 6.49. The van der Waals surface area contributed by atoms with Gasteiger partial charge in [0.15, 0.2) is 5.96 Å². The summed E-state index contributed by atoms with van der Waals surface area (Å²) in [5.41, 5.74) is 1.05. The van der Waals surface area contributed by atoms with Crippen LogP contribution in [0.5, 0.6) is 5.88 Å². The van der Waals surface area contributed by atoms with Crippen molar-refractivity contribution in [2.45, 2.75) is 52.1 Å². The molecular weight excluding hydrogens is 276 g/mol. The normalized spacial score (nSPS) is 22.2. The van der Waals surface area contributed by atoms with Crippen molar-refractivity contribution in [3.63, 3.8) is 0 Å². The van der Waals surface area contributed by atoms with E-state index in [1.807, 2.05) is 26.1 Å². The van der Waals surface area contributed by atoms with E-state index >= 15 is 0 Å². The molecule has 0 atom stereocenters. The van der Waals surface area contributed by atoms with Crippen LogP contribution in [-0.4, -0.2) is 30.6 Å². The summed E-state index contributed by atoms with van der Waals surface area (Å²) in [6.07, 6.45) is 6.79. The van der Waals surface area contributed by atoms with Gasteiger partial charge in [0, 0.05) is 31.4 Å². The highest BCUT2D eigenvalue weighted by atomic mass is 16.5. The number of guanidine groups is 1. The Bertz CT molecular complexity index is 481. The average Bonchev–Trinajstić information content (AvgIpc) is 2.55. The van der Waals surface area contributed by atoms with Gasteiger partial charge in [0.2, 0.25) is 5.88 Å². The minimum Gasteiger partial charge on any atom is -0.478 e. The van der Waals surface area contributed by atoms with Gasteiger partial charge in [0.05, 0.1) is 6.61 Å². The number of aromatic nitrogens is 1. The number of nitrogens with zero attached hydrogens (tertiary/aromatic N) is 2. The SMILES string of the molecule is CCOc1ncccc1CNC(=NC)NC1CCC(C)CC1. The van der Waals surface area contributed by atoms with Crippen LogP contribution in [0.4, 0.5) is 0 Å². The molecule has 0 saturated heterocycles. The van der Waals surface area contributed by atoms with Gasteiger partial charge < -0.3 is 15.4 Å². The number of ether oxygens (including phenoxy) is 1. The van der Waals surface area contributed by atoms with Gasteiger partial charge in [0.25, 0.3) is 0 Å². The first-order valence-electron chi connectivity index (χ1n) is 8.26. The van der Waals surface area contributed by atoms with Crippen molar-refractivity contribution in [1.82, 2.24) is 15.6 Å². The van der Waals surface area contributed by atoms with E-state index in [2.05, 4.69) is 27.5 Å². The zero-order valence-electron chi connectivity index (χ0n) is 13.9. The third-order valence-electron chi connectivity index (χ3n) is 4.16. The van der Waals surface area contributed by atoms with Crippen molar-refractivity contribution in [2.24, 2.45) is 10.9 Å². The molecule has 1 aliphatic rings. The summed E-state index contributed by atoms with van der Waals surface area (Å²) in [6, 6.07) is 4.49. The molecule has 1 aromatic heterocycles. The number of rotatable bonds is 5. The van der Waals surface area contributed by atoms with E-state index in [9.17, 15) is 0 Å². The van der Waals surface area contributed by atoms with Crippen LogP contribution in [0.25, 0.3) is 0 Å². The minimum absolute atomic E-state index is 0.530. The number of hydrogen-bond donors (Lipinski definition) is 2. The van der Waals surface area contributed by atoms with Gasteiger partial charge in [-0.2, -0.15) is 0 Å². The Labute approximate surface area is 133 Å². The van der Waals surface area contributed by atoms with Crippen LogP contribution in [0.15, 0.2) is 23.3 Å². The van der Waals surface area contributed by atoms with Crippen molar-refractivity contribution in [1.29, 1.82) is 0 Å². The zero-order valence-corrected chi connectivity index (χ0v) is 13.9. The maximum absolute atomic E-state index is 5.55. The predicted molar refractivity (Wildman–Crippen MR) is 90.2 cm³/mol. The molecule has 1 fully saturated rings. The first kappa shape index (κ1) is 16.6. The van der Waals surface area contributed by atoms with E-state index in [1.165, 1.54) is 25.7 Å². The van der Waals surface area contributed by atoms with E-state index in [1.54, 1.807) is 6.20 Å². The summed E-state index contributed by atoms with van der Waals surface area (Å²) in [7, 11) is 1.81. The van der Waals surface area contributed by atoms with E-state index < -0.39 is 0 Å². The fourth-order valence-corrected chi connectivity index (χ4v) is 2.80. The molecule has 0 amide bonds. The van der Waals surface area contributed by atoms with Gasteiger partial charge in [-0.3, -0.25) is 4.99 Å². The Morgan fingerprint density at radius 1 is 1.36 bits per heavy atom. The molecule has 0 aliphatic heterocycles. The van der Waals surface area contributed by atoms with Crippen LogP contribution in [0.2, 0.25) is 0 Å². The van der Waals surface area contributed by atoms with Gasteiger partial charge >= 0.3 is 0 Å². The first-order valence-corrected chi connectivity index (χ1v) is 8.26. The minimum atomic E-state index is 0.530. The molecule has 2 rings (SSSR count). The molecule has 122 valence electrons. The molecular formula is C17H28N4O. The van der Waals surface area contributed by atoms with Crippen molar-refractivity contribution in [2.75, 3.05) is 13.7 Å². The van der Waals surface area contributed by atoms with Gasteiger partial charge in [-0.1, -0.05) is 13.0 Å². The average molecular weight is 304 g/mol. The van der Waals surface area contributed by atoms with Crippen molar-refractivity contribution >= 4 is 5.96 Å². The van der Waals surface area contributed by atoms with Crippen molar-refractivity contribution < 1.29 is 4.74 Å². The Morgan fingerprint density at radius 2 is 2.14 bits per heavy atom. The number of nitrogens with one attached hydrogen (secondary N) is 2. The van der Waals surface area contributed by atoms with Crippen LogP contribution >= 0.6 is 0 Å². The molecule has 0 unspecified atom stereocenters. The summed E-state index contributed by atoms with van der Waals surface area (Å²) in [6.45, 7) is 5.58. The molecule has 22 heavy (non-hydrogen) atoms. The third-order valence-corrected chi connectivity index (χ3v) is 4.16. The Hall–Kier alpha value is -1.78. The lowest BCUT2D eigenvalue weighted by atomic mass is 9.87. The van der Waals surface area contributed by atoms with Crippen molar-refractivity contribution in [3.05, 3.63) is 23.9 Å². The standard InChI is InChI=1S/C17H28N4O/c1-4-22-16-14(6-5-11-19-16)12-20-17(18-3)21-15-9-7-13(2)8-10-15/h5-6,11,13,15H,4,7-10,12H2,1-3H3,(H2,18,20,21). The molecule has 1 aromatic rings. The molecule has 5 nitrogen and oxygen atoms in total. The highest BCUT2D eigenvalue weighted by Crippen LogP contribution is 2.23. The van der Waals surface area contributed by atoms with Crippen LogP contribution in [0, 0.1) is 5.92 Å². The van der Waals surface area contributed by atoms with E-state index in [0.29, 0.717) is 25.1 Å². The molecule has 0 aromatic carbocycles. The summed E-state index contributed by atoms with van der Waals surface area (Å²) in [5, 5.41) is 6.89. The van der Waals surface area contributed by atoms with E-state index in [-0.39, 0.29) is 0 Å². The second-order valence-electron chi connectivity index (χ2n) is 5.93. The summed E-state index contributed by atoms with van der Waals surface area (Å²) < 4.78 is 5.55. The van der Waals surface area contributed by atoms with Crippen LogP contribution in [0.1, 0.15) is 45.1 Å². The lowest BCUT2D eigenvalue weighted by molar-refractivity contribution is 0.322. The molecule has 0 bridgehead atoms. The van der Waals surface area contributed by atoms with Crippen LogP contribution in [0.3, 0.4) is 0 Å². The highest BCUT2D eigenvalue weighted by Gasteiger charge is 2.18. The van der Waals surface area contributed by atoms with E-state index in [4.69, 9.17) is 4.74 Å². The molecule has 2 N–H and O–H groups in total. The number of pyridine rings is 1. The Balaban J connectivity index is 1.86. The molecule has 1 heterocycles. The summed E-state index contributed by atoms with van der Waals surface area (Å²) in [5.74, 6) is 2.41. The van der Waals surface area contributed by atoms with Crippen molar-refractivity contribution in [3.8, 4) is 5.88 Å². The lowest BCUT2D eigenvalue weighted by Gasteiger charge is -2.28. The van der Waals surface area contributed by atoms with Crippen LogP contribution in [-0.2, 0) is 6.54 Å². The Morgan fingerprint density at radius 3 is 2.82 bits per heavy atom. The lowest BCUT2D eigenvalue weighted by Crippen LogP contribution is -2.44. The molecule has 0 spiro atoms. The monoisotopic (exact) mass is 304 g/mol. The molecule has 0 radical (unpaired) electrons. The van der Waals surface area contributed by atoms with Gasteiger partial charge in [-0.15, -0.1) is 0 Å². The fraction of sp³-hybridized carbons (Fsp3) is 0.647. The van der Waals surface area contributed by atoms with Crippen LogP contribution < -0.4 is 15.4 Å². The fourth-order valence-electron chi connectivity index (χ4n) is 2.80. The predicted octanol–water partition coefficient (Wildman–Crippen LogP) is 2.72. The zero-order chi connectivity index (χ0) is 15.8. The molecule has 1 saturated carbocycles. The largest absolute Gasteiger partial charge is 0.478 e. The molecule has 1 aliphatic carbocycles. The van der Waals surface area contributed by atoms with E-state index in [0.717, 1.165) is 17.4 Å². The number of hydrogen-bond acceptors (Lipinski definition) is 3. The maximum Gasteiger partial charge on any atom is 0.218 e.